The van der Waals surface area contributed by atoms with Gasteiger partial charge in [-0.15, -0.1) is 0 Å². The molecule has 1 aromatic carbocycles. The topological polar surface area (TPSA) is 12.9 Å². The molecule has 5 heteroatoms. The van der Waals surface area contributed by atoms with Gasteiger partial charge >= 0.3 is 0 Å². The summed E-state index contributed by atoms with van der Waals surface area (Å²) < 4.78 is 0. The highest BCUT2D eigenvalue weighted by molar-refractivity contribution is 6.41. The van der Waals surface area contributed by atoms with Gasteiger partial charge in [0.2, 0.25) is 0 Å². The lowest BCUT2D eigenvalue weighted by Gasteiger charge is -2.08. The Morgan fingerprint density at radius 3 is 2.31 bits per heavy atom. The molecular weight excluding hydrogens is 288 g/mol. The van der Waals surface area contributed by atoms with E-state index in [4.69, 9.17) is 46.4 Å². The summed E-state index contributed by atoms with van der Waals surface area (Å²) >= 11 is 24.0. The quantitative estimate of drug-likeness (QED) is 0.645. The second-order valence-electron chi connectivity index (χ2n) is 3.08. The van der Waals surface area contributed by atoms with Gasteiger partial charge in [-0.25, -0.2) is 4.98 Å². The van der Waals surface area contributed by atoms with Gasteiger partial charge in [0, 0.05) is 27.4 Å². The van der Waals surface area contributed by atoms with Gasteiger partial charge in [-0.05, 0) is 24.3 Å². The number of aromatic nitrogens is 1. The maximum atomic E-state index is 6.07. The summed E-state index contributed by atoms with van der Waals surface area (Å²) in [6.45, 7) is 0. The third-order valence-electron chi connectivity index (χ3n) is 2.05. The van der Waals surface area contributed by atoms with Gasteiger partial charge in [-0.3, -0.25) is 0 Å². The number of rotatable bonds is 1. The minimum atomic E-state index is 0.302. The molecule has 0 saturated heterocycles. The van der Waals surface area contributed by atoms with Crippen molar-refractivity contribution in [1.82, 2.24) is 4.98 Å². The largest absolute Gasteiger partial charge is 0.244 e. The predicted molar refractivity (Wildman–Crippen MR) is 69.7 cm³/mol. The molecule has 0 unspecified atom stereocenters. The minimum absolute atomic E-state index is 0.302. The van der Waals surface area contributed by atoms with Crippen LogP contribution in [-0.2, 0) is 0 Å². The van der Waals surface area contributed by atoms with Crippen LogP contribution in [0.4, 0.5) is 0 Å². The molecule has 0 bridgehead atoms. The van der Waals surface area contributed by atoms with Crippen LogP contribution in [0.15, 0.2) is 30.5 Å². The van der Waals surface area contributed by atoms with Gasteiger partial charge in [-0.2, -0.15) is 0 Å². The van der Waals surface area contributed by atoms with E-state index in [1.54, 1.807) is 24.3 Å². The second kappa shape index (κ2) is 4.80. The molecule has 2 rings (SSSR count). The van der Waals surface area contributed by atoms with Crippen LogP contribution >= 0.6 is 46.4 Å². The van der Waals surface area contributed by atoms with E-state index in [0.717, 1.165) is 0 Å². The van der Waals surface area contributed by atoms with Crippen LogP contribution in [0, 0.1) is 0 Å². The molecule has 0 aliphatic heterocycles. The Morgan fingerprint density at radius 2 is 1.62 bits per heavy atom. The fraction of sp³-hybridized carbons (Fsp3) is 0. The highest BCUT2D eigenvalue weighted by Gasteiger charge is 2.12. The van der Waals surface area contributed by atoms with E-state index >= 15 is 0 Å². The molecule has 0 fully saturated rings. The molecule has 0 amide bonds. The van der Waals surface area contributed by atoms with Crippen LogP contribution in [0.25, 0.3) is 11.1 Å². The Morgan fingerprint density at radius 1 is 0.875 bits per heavy atom. The molecule has 1 nitrogen and oxygen atoms in total. The van der Waals surface area contributed by atoms with E-state index in [-0.39, 0.29) is 0 Å². The molecule has 16 heavy (non-hydrogen) atoms. The molecular formula is C11H5Cl4N. The number of hydrogen-bond donors (Lipinski definition) is 0. The van der Waals surface area contributed by atoms with Crippen LogP contribution in [0.2, 0.25) is 20.2 Å². The zero-order valence-electron chi connectivity index (χ0n) is 7.85. The molecule has 2 aromatic rings. The number of nitrogens with zero attached hydrogens (tertiary/aromatic N) is 1. The Bertz CT molecular complexity index is 519. The van der Waals surface area contributed by atoms with Gasteiger partial charge < -0.3 is 0 Å². The van der Waals surface area contributed by atoms with Crippen molar-refractivity contribution in [2.45, 2.75) is 0 Å². The van der Waals surface area contributed by atoms with E-state index in [1.165, 1.54) is 6.20 Å². The molecule has 0 radical (unpaired) electrons. The third-order valence-corrected chi connectivity index (χ3v) is 3.22. The van der Waals surface area contributed by atoms with E-state index in [0.29, 0.717) is 31.3 Å². The van der Waals surface area contributed by atoms with Gasteiger partial charge in [0.25, 0.3) is 0 Å². The molecule has 0 spiro atoms. The average Bonchev–Trinajstić information content (AvgIpc) is 2.23. The molecule has 0 aliphatic carbocycles. The SMILES string of the molecule is Clc1ccc(Cl)c(-c2c(Cl)ccnc2Cl)c1. The summed E-state index contributed by atoms with van der Waals surface area (Å²) in [6, 6.07) is 6.75. The Kier molecular flexibility index (Phi) is 3.60. The molecule has 0 N–H and O–H groups in total. The standard InChI is InChI=1S/C11H5Cl4N/c12-6-1-2-8(13)7(5-6)10-9(14)3-4-16-11(10)15/h1-5H. The lowest BCUT2D eigenvalue weighted by molar-refractivity contribution is 1.33. The van der Waals surface area contributed by atoms with Crippen molar-refractivity contribution in [2.24, 2.45) is 0 Å². The lowest BCUT2D eigenvalue weighted by atomic mass is 10.1. The van der Waals surface area contributed by atoms with Gasteiger partial charge in [0.15, 0.2) is 0 Å². The molecule has 1 heterocycles. The first-order chi connectivity index (χ1) is 7.59. The maximum absolute atomic E-state index is 6.07. The van der Waals surface area contributed by atoms with Crippen LogP contribution < -0.4 is 0 Å². The zero-order chi connectivity index (χ0) is 11.7. The van der Waals surface area contributed by atoms with Crippen molar-refractivity contribution in [1.29, 1.82) is 0 Å². The number of hydrogen-bond acceptors (Lipinski definition) is 1. The Hall–Kier alpha value is -0.470. The second-order valence-corrected chi connectivity index (χ2v) is 4.69. The fourth-order valence-electron chi connectivity index (χ4n) is 1.34. The van der Waals surface area contributed by atoms with Gasteiger partial charge in [-0.1, -0.05) is 46.4 Å². The smallest absolute Gasteiger partial charge is 0.138 e. The van der Waals surface area contributed by atoms with Crippen LogP contribution in [0.5, 0.6) is 0 Å². The monoisotopic (exact) mass is 291 g/mol. The van der Waals surface area contributed by atoms with Crippen LogP contribution in [0.3, 0.4) is 0 Å². The van der Waals surface area contributed by atoms with E-state index in [9.17, 15) is 0 Å². The van der Waals surface area contributed by atoms with E-state index < -0.39 is 0 Å². The number of benzene rings is 1. The highest BCUT2D eigenvalue weighted by Crippen LogP contribution is 2.38. The summed E-state index contributed by atoms with van der Waals surface area (Å²) in [4.78, 5) is 3.97. The maximum Gasteiger partial charge on any atom is 0.138 e. The van der Waals surface area contributed by atoms with Crippen molar-refractivity contribution in [2.75, 3.05) is 0 Å². The summed E-state index contributed by atoms with van der Waals surface area (Å²) in [5.41, 5.74) is 1.27. The summed E-state index contributed by atoms with van der Waals surface area (Å²) in [5, 5.41) is 1.89. The van der Waals surface area contributed by atoms with Gasteiger partial charge in [0.05, 0.1) is 5.02 Å². The number of halogens is 4. The zero-order valence-corrected chi connectivity index (χ0v) is 10.9. The van der Waals surface area contributed by atoms with E-state index in [1.807, 2.05) is 0 Å². The molecule has 1 aromatic heterocycles. The molecule has 82 valence electrons. The summed E-state index contributed by atoms with van der Waals surface area (Å²) in [7, 11) is 0. The highest BCUT2D eigenvalue weighted by atomic mass is 35.5. The average molecular weight is 293 g/mol. The Balaban J connectivity index is 2.72. The van der Waals surface area contributed by atoms with Crippen molar-refractivity contribution < 1.29 is 0 Å². The van der Waals surface area contributed by atoms with Crippen molar-refractivity contribution in [3.05, 3.63) is 50.7 Å². The normalized spacial score (nSPS) is 10.5. The first-order valence-corrected chi connectivity index (χ1v) is 5.86. The van der Waals surface area contributed by atoms with Gasteiger partial charge in [0.1, 0.15) is 5.15 Å². The molecule has 0 saturated carbocycles. The first kappa shape index (κ1) is 12.0. The number of pyridine rings is 1. The fourth-order valence-corrected chi connectivity index (χ4v) is 2.28. The lowest BCUT2D eigenvalue weighted by Crippen LogP contribution is -1.86. The van der Waals surface area contributed by atoms with Crippen molar-refractivity contribution in [3.8, 4) is 11.1 Å². The minimum Gasteiger partial charge on any atom is -0.244 e. The summed E-state index contributed by atoms with van der Waals surface area (Å²) in [6.07, 6.45) is 1.53. The third kappa shape index (κ3) is 2.28. The van der Waals surface area contributed by atoms with Crippen LogP contribution in [0.1, 0.15) is 0 Å². The van der Waals surface area contributed by atoms with Crippen LogP contribution in [-0.4, -0.2) is 4.98 Å². The first-order valence-electron chi connectivity index (χ1n) is 4.35. The van der Waals surface area contributed by atoms with Crippen molar-refractivity contribution in [3.63, 3.8) is 0 Å². The summed E-state index contributed by atoms with van der Waals surface area (Å²) in [5.74, 6) is 0. The Labute approximate surface area is 113 Å². The van der Waals surface area contributed by atoms with E-state index in [2.05, 4.69) is 4.98 Å². The predicted octanol–water partition coefficient (Wildman–Crippen LogP) is 5.36. The molecule has 0 atom stereocenters. The van der Waals surface area contributed by atoms with Crippen molar-refractivity contribution >= 4 is 46.4 Å². The molecule has 0 aliphatic rings.